The predicted molar refractivity (Wildman–Crippen MR) is 116 cm³/mol. The fourth-order valence-electron chi connectivity index (χ4n) is 3.48. The summed E-state index contributed by atoms with van der Waals surface area (Å²) in [5.41, 5.74) is 11.7. The third kappa shape index (κ3) is 3.46. The SMILES string of the molecule is CN1c2ccc(Nc3ccnc(Cl)n3)c(Cc3ccc(Cl)cc3)c2N(C)C1N. The van der Waals surface area contributed by atoms with Crippen LogP contribution in [0.4, 0.5) is 22.9 Å². The van der Waals surface area contributed by atoms with Gasteiger partial charge in [0.05, 0.1) is 11.4 Å². The number of aromatic nitrogens is 2. The van der Waals surface area contributed by atoms with Gasteiger partial charge in [-0.1, -0.05) is 23.7 Å². The van der Waals surface area contributed by atoms with E-state index in [1.807, 2.05) is 44.4 Å². The first-order valence-corrected chi connectivity index (χ1v) is 9.57. The molecule has 0 saturated heterocycles. The van der Waals surface area contributed by atoms with Gasteiger partial charge in [0.1, 0.15) is 5.82 Å². The Morgan fingerprint density at radius 3 is 2.50 bits per heavy atom. The zero-order valence-electron chi connectivity index (χ0n) is 15.5. The summed E-state index contributed by atoms with van der Waals surface area (Å²) in [7, 11) is 4.00. The molecule has 144 valence electrons. The third-order valence-electron chi connectivity index (χ3n) is 4.97. The molecular formula is C20H20Cl2N6. The van der Waals surface area contributed by atoms with Gasteiger partial charge < -0.3 is 15.1 Å². The monoisotopic (exact) mass is 414 g/mol. The van der Waals surface area contributed by atoms with Crippen LogP contribution in [-0.4, -0.2) is 30.4 Å². The average Bonchev–Trinajstić information content (AvgIpc) is 2.90. The Morgan fingerprint density at radius 1 is 1.04 bits per heavy atom. The number of halogens is 2. The van der Waals surface area contributed by atoms with Crippen LogP contribution in [0.3, 0.4) is 0 Å². The molecule has 2 heterocycles. The van der Waals surface area contributed by atoms with Gasteiger partial charge in [0, 0.05) is 43.0 Å². The molecule has 0 aliphatic carbocycles. The maximum absolute atomic E-state index is 6.35. The minimum absolute atomic E-state index is 0.198. The Morgan fingerprint density at radius 2 is 1.79 bits per heavy atom. The van der Waals surface area contributed by atoms with Crippen LogP contribution in [0.25, 0.3) is 0 Å². The van der Waals surface area contributed by atoms with Crippen LogP contribution in [0.15, 0.2) is 48.7 Å². The summed E-state index contributed by atoms with van der Waals surface area (Å²) in [6.07, 6.45) is 2.12. The number of benzene rings is 2. The summed E-state index contributed by atoms with van der Waals surface area (Å²) >= 11 is 12.0. The van der Waals surface area contributed by atoms with E-state index >= 15 is 0 Å². The fourth-order valence-corrected chi connectivity index (χ4v) is 3.76. The normalized spacial score (nSPS) is 15.7. The number of anilines is 4. The molecule has 8 heteroatoms. The minimum atomic E-state index is -0.220. The molecule has 2 aromatic carbocycles. The van der Waals surface area contributed by atoms with E-state index in [1.54, 1.807) is 12.3 Å². The van der Waals surface area contributed by atoms with Gasteiger partial charge in [0.15, 0.2) is 6.29 Å². The van der Waals surface area contributed by atoms with Crippen LogP contribution in [0, 0.1) is 0 Å². The summed E-state index contributed by atoms with van der Waals surface area (Å²) in [6, 6.07) is 13.8. The number of hydrogen-bond acceptors (Lipinski definition) is 6. The molecule has 6 nitrogen and oxygen atoms in total. The maximum atomic E-state index is 6.35. The van der Waals surface area contributed by atoms with Crippen molar-refractivity contribution >= 4 is 46.1 Å². The Labute approximate surface area is 173 Å². The second-order valence-electron chi connectivity index (χ2n) is 6.73. The van der Waals surface area contributed by atoms with Gasteiger partial charge in [-0.15, -0.1) is 0 Å². The van der Waals surface area contributed by atoms with Crippen molar-refractivity contribution in [2.75, 3.05) is 29.2 Å². The molecule has 0 saturated carbocycles. The van der Waals surface area contributed by atoms with Crippen molar-refractivity contribution in [3.63, 3.8) is 0 Å². The highest BCUT2D eigenvalue weighted by Gasteiger charge is 2.31. The van der Waals surface area contributed by atoms with E-state index in [4.69, 9.17) is 28.9 Å². The van der Waals surface area contributed by atoms with Crippen LogP contribution >= 0.6 is 23.2 Å². The number of fused-ring (bicyclic) bond motifs is 1. The number of rotatable bonds is 4. The molecule has 28 heavy (non-hydrogen) atoms. The zero-order valence-corrected chi connectivity index (χ0v) is 17.0. The lowest BCUT2D eigenvalue weighted by atomic mass is 9.99. The van der Waals surface area contributed by atoms with Gasteiger partial charge in [-0.2, -0.15) is 0 Å². The van der Waals surface area contributed by atoms with Crippen LogP contribution in [0.2, 0.25) is 10.3 Å². The van der Waals surface area contributed by atoms with Crippen molar-refractivity contribution < 1.29 is 0 Å². The molecule has 0 spiro atoms. The van der Waals surface area contributed by atoms with Gasteiger partial charge in [0.2, 0.25) is 5.28 Å². The highest BCUT2D eigenvalue weighted by Crippen LogP contribution is 2.43. The zero-order chi connectivity index (χ0) is 19.8. The summed E-state index contributed by atoms with van der Waals surface area (Å²) in [4.78, 5) is 12.3. The number of nitrogens with zero attached hydrogens (tertiary/aromatic N) is 4. The van der Waals surface area contributed by atoms with Crippen molar-refractivity contribution in [3.05, 3.63) is 70.1 Å². The van der Waals surface area contributed by atoms with Crippen molar-refractivity contribution in [1.29, 1.82) is 0 Å². The summed E-state index contributed by atoms with van der Waals surface area (Å²) in [5, 5.41) is 4.29. The Kier molecular flexibility index (Phi) is 5.02. The van der Waals surface area contributed by atoms with Crippen LogP contribution in [0.1, 0.15) is 11.1 Å². The lowest BCUT2D eigenvalue weighted by molar-refractivity contribution is 0.677. The van der Waals surface area contributed by atoms with Gasteiger partial charge in [-0.25, -0.2) is 9.97 Å². The Balaban J connectivity index is 1.80. The summed E-state index contributed by atoms with van der Waals surface area (Å²) < 4.78 is 0. The van der Waals surface area contributed by atoms with E-state index in [9.17, 15) is 0 Å². The van der Waals surface area contributed by atoms with Gasteiger partial charge in [0.25, 0.3) is 0 Å². The largest absolute Gasteiger partial charge is 0.340 e. The molecule has 3 N–H and O–H groups in total. The van der Waals surface area contributed by atoms with Crippen molar-refractivity contribution in [3.8, 4) is 0 Å². The van der Waals surface area contributed by atoms with Crippen LogP contribution < -0.4 is 20.9 Å². The molecule has 3 aromatic rings. The van der Waals surface area contributed by atoms with E-state index < -0.39 is 0 Å². The Bertz CT molecular complexity index is 1010. The second kappa shape index (κ2) is 7.47. The third-order valence-corrected chi connectivity index (χ3v) is 5.40. The van der Waals surface area contributed by atoms with Crippen molar-refractivity contribution in [2.45, 2.75) is 12.7 Å². The molecule has 0 bridgehead atoms. The first-order chi connectivity index (χ1) is 13.4. The van der Waals surface area contributed by atoms with E-state index in [0.29, 0.717) is 12.2 Å². The molecule has 1 aliphatic heterocycles. The first kappa shape index (κ1) is 18.8. The van der Waals surface area contributed by atoms with Crippen molar-refractivity contribution in [2.24, 2.45) is 5.73 Å². The lowest BCUT2D eigenvalue weighted by Crippen LogP contribution is -2.46. The maximum Gasteiger partial charge on any atom is 0.224 e. The van der Waals surface area contributed by atoms with Gasteiger partial charge >= 0.3 is 0 Å². The highest BCUT2D eigenvalue weighted by molar-refractivity contribution is 6.30. The minimum Gasteiger partial charge on any atom is -0.340 e. The first-order valence-electron chi connectivity index (χ1n) is 8.81. The van der Waals surface area contributed by atoms with Crippen molar-refractivity contribution in [1.82, 2.24) is 9.97 Å². The predicted octanol–water partition coefficient (Wildman–Crippen LogP) is 4.25. The molecule has 0 amide bonds. The number of hydrogen-bond donors (Lipinski definition) is 2. The van der Waals surface area contributed by atoms with E-state index in [-0.39, 0.29) is 11.6 Å². The molecule has 4 rings (SSSR count). The Hall–Kier alpha value is -2.54. The quantitative estimate of drug-likeness (QED) is 0.621. The van der Waals surface area contributed by atoms with Crippen LogP contribution in [-0.2, 0) is 6.42 Å². The van der Waals surface area contributed by atoms with Gasteiger partial charge in [-0.05, 0) is 47.5 Å². The van der Waals surface area contributed by atoms with Crippen LogP contribution in [0.5, 0.6) is 0 Å². The smallest absolute Gasteiger partial charge is 0.224 e. The van der Waals surface area contributed by atoms with Gasteiger partial charge in [-0.3, -0.25) is 5.73 Å². The number of nitrogens with one attached hydrogen (secondary N) is 1. The topological polar surface area (TPSA) is 70.3 Å². The molecule has 1 aromatic heterocycles. The molecular weight excluding hydrogens is 395 g/mol. The van der Waals surface area contributed by atoms with E-state index in [2.05, 4.69) is 31.2 Å². The highest BCUT2D eigenvalue weighted by atomic mass is 35.5. The standard InChI is InChI=1S/C20H20Cl2N6/c1-27-16-8-7-15(25-17-9-10-24-19(22)26-17)14(18(16)28(2)20(27)23)11-12-3-5-13(21)6-4-12/h3-10,20H,11,23H2,1-2H3,(H,24,25,26). The lowest BCUT2D eigenvalue weighted by Gasteiger charge is -2.24. The molecule has 0 radical (unpaired) electrons. The molecule has 1 atom stereocenters. The second-order valence-corrected chi connectivity index (χ2v) is 7.51. The molecule has 1 unspecified atom stereocenters. The summed E-state index contributed by atoms with van der Waals surface area (Å²) in [6.45, 7) is 0. The fraction of sp³-hybridized carbons (Fsp3) is 0.200. The molecule has 0 fully saturated rings. The summed E-state index contributed by atoms with van der Waals surface area (Å²) in [5.74, 6) is 0.635. The average molecular weight is 415 g/mol. The van der Waals surface area contributed by atoms with E-state index in [0.717, 1.165) is 33.2 Å². The molecule has 1 aliphatic rings. The van der Waals surface area contributed by atoms with E-state index in [1.165, 1.54) is 0 Å². The number of nitrogens with two attached hydrogens (primary N) is 1.